The van der Waals surface area contributed by atoms with E-state index in [9.17, 15) is 4.39 Å². The molecule has 1 heterocycles. The van der Waals surface area contributed by atoms with E-state index in [0.717, 1.165) is 18.5 Å². The smallest absolute Gasteiger partial charge is 0.123 e. The van der Waals surface area contributed by atoms with Gasteiger partial charge < -0.3 is 5.32 Å². The van der Waals surface area contributed by atoms with E-state index in [2.05, 4.69) is 19.2 Å². The second-order valence-corrected chi connectivity index (χ2v) is 5.36. The zero-order chi connectivity index (χ0) is 10.8. The third kappa shape index (κ3) is 2.18. The van der Waals surface area contributed by atoms with Gasteiger partial charge in [-0.2, -0.15) is 0 Å². The molecule has 0 saturated heterocycles. The quantitative estimate of drug-likeness (QED) is 0.846. The maximum absolute atomic E-state index is 13.1. The minimum atomic E-state index is -0.133. The highest BCUT2D eigenvalue weighted by Gasteiger charge is 2.29. The summed E-state index contributed by atoms with van der Waals surface area (Å²) < 4.78 is 13.1. The maximum atomic E-state index is 13.1. The molecule has 0 radical (unpaired) electrons. The molecule has 15 heavy (non-hydrogen) atoms. The van der Waals surface area contributed by atoms with Gasteiger partial charge in [0, 0.05) is 16.2 Å². The molecule has 0 saturated carbocycles. The maximum Gasteiger partial charge on any atom is 0.123 e. The summed E-state index contributed by atoms with van der Waals surface area (Å²) in [6.45, 7) is 5.33. The van der Waals surface area contributed by atoms with Gasteiger partial charge in [-0.25, -0.2) is 4.39 Å². The van der Waals surface area contributed by atoms with Crippen LogP contribution in [0.25, 0.3) is 0 Å². The number of hydrogen-bond acceptors (Lipinski definition) is 2. The van der Waals surface area contributed by atoms with Crippen molar-refractivity contribution in [2.24, 2.45) is 0 Å². The number of thioether (sulfide) groups is 1. The Labute approximate surface area is 94.5 Å². The average Bonchev–Trinajstić information content (AvgIpc) is 2.51. The van der Waals surface area contributed by atoms with Gasteiger partial charge in [0.2, 0.25) is 0 Å². The molecule has 1 nitrogen and oxygen atoms in total. The van der Waals surface area contributed by atoms with Crippen LogP contribution in [-0.2, 0) is 0 Å². The minimum Gasteiger partial charge on any atom is -0.309 e. The van der Waals surface area contributed by atoms with Gasteiger partial charge in [-0.1, -0.05) is 13.8 Å². The first kappa shape index (κ1) is 11.0. The third-order valence-electron chi connectivity index (χ3n) is 2.70. The fourth-order valence-electron chi connectivity index (χ4n) is 1.97. The lowest BCUT2D eigenvalue weighted by Gasteiger charge is -2.17. The van der Waals surface area contributed by atoms with Gasteiger partial charge in [-0.15, -0.1) is 11.8 Å². The Morgan fingerprint density at radius 1 is 1.47 bits per heavy atom. The summed E-state index contributed by atoms with van der Waals surface area (Å²) in [7, 11) is 0. The fourth-order valence-corrected chi connectivity index (χ4v) is 3.21. The standard InChI is InChI=1S/C12H16FNS/c1-3-6-14-12-8(2)15-11-5-4-9(13)7-10(11)12/h4-5,7-8,12,14H,3,6H2,1-2H3. The monoisotopic (exact) mass is 225 g/mol. The molecule has 0 aromatic heterocycles. The first-order valence-corrected chi connectivity index (χ1v) is 6.30. The number of benzene rings is 1. The largest absolute Gasteiger partial charge is 0.309 e. The Hall–Kier alpha value is -0.540. The van der Waals surface area contributed by atoms with Gasteiger partial charge in [0.05, 0.1) is 0 Å². The van der Waals surface area contributed by atoms with Crippen molar-refractivity contribution in [1.29, 1.82) is 0 Å². The highest BCUT2D eigenvalue weighted by Crippen LogP contribution is 2.43. The van der Waals surface area contributed by atoms with E-state index in [0.29, 0.717) is 11.3 Å². The predicted octanol–water partition coefficient (Wildman–Crippen LogP) is 3.36. The first-order chi connectivity index (χ1) is 7.22. The van der Waals surface area contributed by atoms with Crippen molar-refractivity contribution in [1.82, 2.24) is 5.32 Å². The van der Waals surface area contributed by atoms with Gasteiger partial charge in [0.25, 0.3) is 0 Å². The molecule has 1 aromatic carbocycles. The molecule has 0 bridgehead atoms. The molecule has 1 aliphatic heterocycles. The van der Waals surface area contributed by atoms with E-state index in [1.54, 1.807) is 12.1 Å². The molecule has 0 aliphatic carbocycles. The van der Waals surface area contributed by atoms with Gasteiger partial charge in [0.1, 0.15) is 5.82 Å². The molecule has 1 aliphatic rings. The number of fused-ring (bicyclic) bond motifs is 1. The molecule has 1 N–H and O–H groups in total. The van der Waals surface area contributed by atoms with Crippen molar-refractivity contribution in [3.8, 4) is 0 Å². The third-order valence-corrected chi connectivity index (χ3v) is 3.97. The molecular formula is C12H16FNS. The highest BCUT2D eigenvalue weighted by atomic mass is 32.2. The molecule has 2 atom stereocenters. The van der Waals surface area contributed by atoms with Crippen LogP contribution in [0.15, 0.2) is 23.1 Å². The van der Waals surface area contributed by atoms with E-state index in [4.69, 9.17) is 0 Å². The van der Waals surface area contributed by atoms with E-state index in [-0.39, 0.29) is 5.82 Å². The normalized spacial score (nSPS) is 24.2. The van der Waals surface area contributed by atoms with Crippen LogP contribution in [0.3, 0.4) is 0 Å². The first-order valence-electron chi connectivity index (χ1n) is 5.42. The fraction of sp³-hybridized carbons (Fsp3) is 0.500. The second-order valence-electron chi connectivity index (χ2n) is 3.94. The zero-order valence-electron chi connectivity index (χ0n) is 9.09. The van der Waals surface area contributed by atoms with Crippen LogP contribution in [0.1, 0.15) is 31.9 Å². The van der Waals surface area contributed by atoms with E-state index in [1.807, 2.05) is 17.8 Å². The number of nitrogens with one attached hydrogen (secondary N) is 1. The van der Waals surface area contributed by atoms with Crippen LogP contribution in [0.4, 0.5) is 4.39 Å². The molecular weight excluding hydrogens is 209 g/mol. The Morgan fingerprint density at radius 3 is 3.00 bits per heavy atom. The summed E-state index contributed by atoms with van der Waals surface area (Å²) >= 11 is 1.83. The molecule has 1 aromatic rings. The van der Waals surface area contributed by atoms with Crippen molar-refractivity contribution in [3.63, 3.8) is 0 Å². The molecule has 3 heteroatoms. The topological polar surface area (TPSA) is 12.0 Å². The van der Waals surface area contributed by atoms with Crippen LogP contribution in [0.5, 0.6) is 0 Å². The molecule has 0 fully saturated rings. The predicted molar refractivity (Wildman–Crippen MR) is 62.8 cm³/mol. The second kappa shape index (κ2) is 4.54. The summed E-state index contributed by atoms with van der Waals surface area (Å²) in [5.74, 6) is -0.133. The zero-order valence-corrected chi connectivity index (χ0v) is 9.90. The van der Waals surface area contributed by atoms with E-state index in [1.165, 1.54) is 4.90 Å². The molecule has 82 valence electrons. The van der Waals surface area contributed by atoms with E-state index >= 15 is 0 Å². The van der Waals surface area contributed by atoms with Crippen molar-refractivity contribution in [3.05, 3.63) is 29.6 Å². The van der Waals surface area contributed by atoms with E-state index < -0.39 is 0 Å². The molecule has 0 spiro atoms. The summed E-state index contributed by atoms with van der Waals surface area (Å²) in [6.07, 6.45) is 1.11. The summed E-state index contributed by atoms with van der Waals surface area (Å²) in [5, 5.41) is 3.97. The molecule has 2 rings (SSSR count). The number of hydrogen-bond donors (Lipinski definition) is 1. The van der Waals surface area contributed by atoms with Gasteiger partial charge in [-0.3, -0.25) is 0 Å². The molecule has 0 amide bonds. The van der Waals surface area contributed by atoms with Crippen molar-refractivity contribution in [2.75, 3.05) is 6.54 Å². The van der Waals surface area contributed by atoms with Gasteiger partial charge in [0.15, 0.2) is 0 Å². The Bertz CT molecular complexity index is 353. The van der Waals surface area contributed by atoms with Crippen LogP contribution in [-0.4, -0.2) is 11.8 Å². The SMILES string of the molecule is CCCNC1c2cc(F)ccc2SC1C. The summed E-state index contributed by atoms with van der Waals surface area (Å²) in [6, 6.07) is 5.40. The number of halogens is 1. The van der Waals surface area contributed by atoms with Crippen LogP contribution in [0.2, 0.25) is 0 Å². The Balaban J connectivity index is 2.23. The van der Waals surface area contributed by atoms with Gasteiger partial charge in [-0.05, 0) is 36.7 Å². The lowest BCUT2D eigenvalue weighted by molar-refractivity contribution is 0.527. The highest BCUT2D eigenvalue weighted by molar-refractivity contribution is 8.00. The lowest BCUT2D eigenvalue weighted by atomic mass is 10.0. The van der Waals surface area contributed by atoms with Crippen molar-refractivity contribution in [2.45, 2.75) is 36.5 Å². The average molecular weight is 225 g/mol. The van der Waals surface area contributed by atoms with Crippen LogP contribution < -0.4 is 5.32 Å². The molecule has 2 unspecified atom stereocenters. The minimum absolute atomic E-state index is 0.133. The lowest BCUT2D eigenvalue weighted by Crippen LogP contribution is -2.26. The Kier molecular flexibility index (Phi) is 3.32. The summed E-state index contributed by atoms with van der Waals surface area (Å²) in [4.78, 5) is 1.22. The van der Waals surface area contributed by atoms with Gasteiger partial charge >= 0.3 is 0 Å². The van der Waals surface area contributed by atoms with Crippen LogP contribution >= 0.6 is 11.8 Å². The number of rotatable bonds is 3. The summed E-state index contributed by atoms with van der Waals surface area (Å²) in [5.41, 5.74) is 1.13. The van der Waals surface area contributed by atoms with Crippen molar-refractivity contribution < 1.29 is 4.39 Å². The van der Waals surface area contributed by atoms with Crippen molar-refractivity contribution >= 4 is 11.8 Å². The van der Waals surface area contributed by atoms with Crippen LogP contribution in [0, 0.1) is 5.82 Å². The Morgan fingerprint density at radius 2 is 2.27 bits per heavy atom.